The van der Waals surface area contributed by atoms with E-state index in [2.05, 4.69) is 26.2 Å². The predicted octanol–water partition coefficient (Wildman–Crippen LogP) is 4.15. The molecule has 5 heteroatoms. The molecule has 4 nitrogen and oxygen atoms in total. The molecule has 3 rings (SSSR count). The third-order valence-electron chi connectivity index (χ3n) is 3.03. The van der Waals surface area contributed by atoms with E-state index in [1.54, 1.807) is 18.2 Å². The van der Waals surface area contributed by atoms with Gasteiger partial charge in [-0.05, 0) is 48.9 Å². The summed E-state index contributed by atoms with van der Waals surface area (Å²) in [6.45, 7) is 1.94. The fraction of sp³-hybridized carbons (Fsp3) is 0.0667. The Morgan fingerprint density at radius 3 is 2.90 bits per heavy atom. The number of oxazole rings is 1. The molecule has 0 saturated heterocycles. The highest BCUT2D eigenvalue weighted by Gasteiger charge is 2.10. The van der Waals surface area contributed by atoms with Crippen molar-refractivity contribution in [1.82, 2.24) is 4.98 Å². The Balaban J connectivity index is 1.88. The summed E-state index contributed by atoms with van der Waals surface area (Å²) in [6.07, 6.45) is 1.37. The number of anilines is 1. The van der Waals surface area contributed by atoms with Crippen molar-refractivity contribution in [3.63, 3.8) is 0 Å². The highest BCUT2D eigenvalue weighted by Crippen LogP contribution is 2.21. The van der Waals surface area contributed by atoms with Crippen LogP contribution in [0.15, 0.2) is 51.7 Å². The van der Waals surface area contributed by atoms with Gasteiger partial charge in [-0.1, -0.05) is 15.9 Å². The largest absolute Gasteiger partial charge is 0.443 e. The number of benzene rings is 2. The molecule has 0 fully saturated rings. The molecule has 3 aromatic rings. The van der Waals surface area contributed by atoms with E-state index in [-0.39, 0.29) is 5.91 Å². The van der Waals surface area contributed by atoms with Gasteiger partial charge in [-0.2, -0.15) is 0 Å². The van der Waals surface area contributed by atoms with E-state index in [0.29, 0.717) is 11.1 Å². The van der Waals surface area contributed by atoms with Crippen molar-refractivity contribution in [3.05, 3.63) is 58.4 Å². The first-order valence-corrected chi connectivity index (χ1v) is 6.83. The highest BCUT2D eigenvalue weighted by molar-refractivity contribution is 9.10. The van der Waals surface area contributed by atoms with Gasteiger partial charge >= 0.3 is 0 Å². The van der Waals surface area contributed by atoms with E-state index in [1.807, 2.05) is 25.1 Å². The van der Waals surface area contributed by atoms with Crippen LogP contribution in [-0.4, -0.2) is 10.9 Å². The summed E-state index contributed by atoms with van der Waals surface area (Å²) in [5, 5.41) is 2.89. The number of hydrogen-bond donors (Lipinski definition) is 1. The molecule has 0 atom stereocenters. The van der Waals surface area contributed by atoms with Gasteiger partial charge in [-0.25, -0.2) is 4.98 Å². The van der Waals surface area contributed by atoms with Crippen LogP contribution < -0.4 is 5.32 Å². The van der Waals surface area contributed by atoms with Crippen LogP contribution in [0.25, 0.3) is 11.1 Å². The normalized spacial score (nSPS) is 10.7. The molecule has 0 bridgehead atoms. The van der Waals surface area contributed by atoms with E-state index < -0.39 is 0 Å². The second-order valence-electron chi connectivity index (χ2n) is 4.45. The standard InChI is InChI=1S/C15H11BrN2O2/c1-9-6-11(16)3-5-12(9)18-15(19)10-2-4-13-14(7-10)20-8-17-13/h2-8H,1H3,(H,18,19). The van der Waals surface area contributed by atoms with Crippen LogP contribution in [0.2, 0.25) is 0 Å². The fourth-order valence-corrected chi connectivity index (χ4v) is 2.43. The average Bonchev–Trinajstić information content (AvgIpc) is 2.89. The van der Waals surface area contributed by atoms with Gasteiger partial charge in [0.2, 0.25) is 0 Å². The molecule has 0 saturated carbocycles. The molecule has 0 aliphatic carbocycles. The number of rotatable bonds is 2. The Morgan fingerprint density at radius 2 is 2.10 bits per heavy atom. The predicted molar refractivity (Wildman–Crippen MR) is 80.8 cm³/mol. The van der Waals surface area contributed by atoms with Crippen molar-refractivity contribution in [2.75, 3.05) is 5.32 Å². The summed E-state index contributed by atoms with van der Waals surface area (Å²) in [4.78, 5) is 16.3. The molecule has 0 aliphatic heterocycles. The van der Waals surface area contributed by atoms with Crippen LogP contribution in [0.3, 0.4) is 0 Å². The quantitative estimate of drug-likeness (QED) is 0.767. The number of fused-ring (bicyclic) bond motifs is 1. The Kier molecular flexibility index (Phi) is 3.28. The lowest BCUT2D eigenvalue weighted by atomic mass is 10.1. The minimum atomic E-state index is -0.172. The Bertz CT molecular complexity index is 795. The minimum absolute atomic E-state index is 0.172. The molecule has 2 aromatic carbocycles. The first kappa shape index (κ1) is 12.9. The zero-order valence-electron chi connectivity index (χ0n) is 10.7. The SMILES string of the molecule is Cc1cc(Br)ccc1NC(=O)c1ccc2ncoc2c1. The van der Waals surface area contributed by atoms with Crippen molar-refractivity contribution < 1.29 is 9.21 Å². The summed E-state index contributed by atoms with van der Waals surface area (Å²) in [6, 6.07) is 10.9. The lowest BCUT2D eigenvalue weighted by molar-refractivity contribution is 0.102. The summed E-state index contributed by atoms with van der Waals surface area (Å²) in [5.74, 6) is -0.172. The summed E-state index contributed by atoms with van der Waals surface area (Å²) < 4.78 is 6.18. The van der Waals surface area contributed by atoms with Gasteiger partial charge in [-0.3, -0.25) is 4.79 Å². The first-order chi connectivity index (χ1) is 9.63. The van der Waals surface area contributed by atoms with Crippen molar-refractivity contribution >= 4 is 38.6 Å². The molecule has 0 radical (unpaired) electrons. The van der Waals surface area contributed by atoms with E-state index in [4.69, 9.17) is 4.42 Å². The Hall–Kier alpha value is -2.14. The lowest BCUT2D eigenvalue weighted by Crippen LogP contribution is -2.12. The minimum Gasteiger partial charge on any atom is -0.443 e. The third-order valence-corrected chi connectivity index (χ3v) is 3.52. The fourth-order valence-electron chi connectivity index (χ4n) is 1.96. The molecule has 1 amide bonds. The highest BCUT2D eigenvalue weighted by atomic mass is 79.9. The van der Waals surface area contributed by atoms with Crippen molar-refractivity contribution in [3.8, 4) is 0 Å². The smallest absolute Gasteiger partial charge is 0.255 e. The molecule has 0 unspecified atom stereocenters. The van der Waals surface area contributed by atoms with Crippen LogP contribution in [0.4, 0.5) is 5.69 Å². The van der Waals surface area contributed by atoms with Crippen LogP contribution in [0.1, 0.15) is 15.9 Å². The number of amides is 1. The second-order valence-corrected chi connectivity index (χ2v) is 5.36. The molecule has 1 heterocycles. The molecule has 0 aliphatic rings. The van der Waals surface area contributed by atoms with Crippen molar-refractivity contribution in [2.45, 2.75) is 6.92 Å². The van der Waals surface area contributed by atoms with Crippen LogP contribution in [-0.2, 0) is 0 Å². The van der Waals surface area contributed by atoms with Gasteiger partial charge in [0, 0.05) is 15.7 Å². The Morgan fingerprint density at radius 1 is 1.25 bits per heavy atom. The number of nitrogens with zero attached hydrogens (tertiary/aromatic N) is 1. The average molecular weight is 331 g/mol. The number of nitrogens with one attached hydrogen (secondary N) is 1. The van der Waals surface area contributed by atoms with Crippen LogP contribution >= 0.6 is 15.9 Å². The van der Waals surface area contributed by atoms with E-state index in [9.17, 15) is 4.79 Å². The molecule has 100 valence electrons. The maximum atomic E-state index is 12.2. The summed E-state index contributed by atoms with van der Waals surface area (Å²) in [7, 11) is 0. The second kappa shape index (κ2) is 5.09. The third kappa shape index (κ3) is 2.44. The summed E-state index contributed by atoms with van der Waals surface area (Å²) >= 11 is 3.40. The monoisotopic (exact) mass is 330 g/mol. The van der Waals surface area contributed by atoms with Crippen LogP contribution in [0, 0.1) is 6.92 Å². The molecule has 20 heavy (non-hydrogen) atoms. The zero-order chi connectivity index (χ0) is 14.1. The maximum absolute atomic E-state index is 12.2. The number of aromatic nitrogens is 1. The number of halogens is 1. The molecular formula is C15H11BrN2O2. The van der Waals surface area contributed by atoms with Gasteiger partial charge in [0.25, 0.3) is 5.91 Å². The molecule has 1 aromatic heterocycles. The van der Waals surface area contributed by atoms with Gasteiger partial charge in [0.1, 0.15) is 5.52 Å². The number of carbonyl (C=O) groups is 1. The van der Waals surface area contributed by atoms with E-state index in [0.717, 1.165) is 21.2 Å². The number of hydrogen-bond acceptors (Lipinski definition) is 3. The maximum Gasteiger partial charge on any atom is 0.255 e. The topological polar surface area (TPSA) is 55.1 Å². The van der Waals surface area contributed by atoms with Crippen molar-refractivity contribution in [1.29, 1.82) is 0 Å². The molecular weight excluding hydrogens is 320 g/mol. The van der Waals surface area contributed by atoms with Crippen LogP contribution in [0.5, 0.6) is 0 Å². The molecule has 1 N–H and O–H groups in total. The van der Waals surface area contributed by atoms with Gasteiger partial charge < -0.3 is 9.73 Å². The number of aryl methyl sites for hydroxylation is 1. The van der Waals surface area contributed by atoms with E-state index >= 15 is 0 Å². The lowest BCUT2D eigenvalue weighted by Gasteiger charge is -2.08. The van der Waals surface area contributed by atoms with Crippen molar-refractivity contribution in [2.24, 2.45) is 0 Å². The first-order valence-electron chi connectivity index (χ1n) is 6.04. The van der Waals surface area contributed by atoms with Gasteiger partial charge in [0.05, 0.1) is 0 Å². The van der Waals surface area contributed by atoms with Gasteiger partial charge in [0.15, 0.2) is 12.0 Å². The van der Waals surface area contributed by atoms with E-state index in [1.165, 1.54) is 6.39 Å². The molecule has 0 spiro atoms. The Labute approximate surface area is 123 Å². The summed E-state index contributed by atoms with van der Waals surface area (Å²) in [5.41, 5.74) is 3.66. The zero-order valence-corrected chi connectivity index (χ0v) is 12.3. The number of carbonyl (C=O) groups excluding carboxylic acids is 1. The van der Waals surface area contributed by atoms with Gasteiger partial charge in [-0.15, -0.1) is 0 Å².